The van der Waals surface area contributed by atoms with Crippen LogP contribution in [0.3, 0.4) is 0 Å². The van der Waals surface area contributed by atoms with Crippen LogP contribution in [0.15, 0.2) is 24.3 Å². The van der Waals surface area contributed by atoms with Crippen molar-refractivity contribution in [2.24, 2.45) is 0 Å². The first-order valence-electron chi connectivity index (χ1n) is 6.67. The number of carbonyl (C=O) groups is 1. The van der Waals surface area contributed by atoms with Gasteiger partial charge in [-0.25, -0.2) is 0 Å². The van der Waals surface area contributed by atoms with Crippen LogP contribution in [0.2, 0.25) is 0 Å². The average Bonchev–Trinajstić information content (AvgIpc) is 2.84. The standard InChI is InChI=1S/C15H21NO2/c1-3-12-4-6-13(7-5-12)15(18)11(2)16-9-8-14(17)10-16/h4-7,11,14,17H,3,8-10H2,1-2H3. The van der Waals surface area contributed by atoms with E-state index in [2.05, 4.69) is 11.8 Å². The summed E-state index contributed by atoms with van der Waals surface area (Å²) in [4.78, 5) is 14.4. The molecule has 1 heterocycles. The zero-order chi connectivity index (χ0) is 13.1. The van der Waals surface area contributed by atoms with Crippen LogP contribution in [0.4, 0.5) is 0 Å². The number of nitrogens with zero attached hydrogens (tertiary/aromatic N) is 1. The van der Waals surface area contributed by atoms with Crippen LogP contribution in [0, 0.1) is 0 Å². The summed E-state index contributed by atoms with van der Waals surface area (Å²) in [6.45, 7) is 5.44. The molecule has 2 atom stereocenters. The van der Waals surface area contributed by atoms with Crippen LogP contribution >= 0.6 is 0 Å². The van der Waals surface area contributed by atoms with Crippen LogP contribution in [0.1, 0.15) is 36.2 Å². The van der Waals surface area contributed by atoms with Crippen molar-refractivity contribution in [1.82, 2.24) is 4.90 Å². The second-order valence-corrected chi connectivity index (χ2v) is 5.03. The van der Waals surface area contributed by atoms with E-state index in [1.54, 1.807) is 0 Å². The number of aryl methyl sites for hydroxylation is 1. The van der Waals surface area contributed by atoms with E-state index in [0.29, 0.717) is 6.54 Å². The molecule has 0 amide bonds. The molecule has 2 rings (SSSR count). The number of likely N-dealkylation sites (tertiary alicyclic amines) is 1. The predicted molar refractivity (Wildman–Crippen MR) is 71.8 cm³/mol. The lowest BCUT2D eigenvalue weighted by Crippen LogP contribution is -2.37. The highest BCUT2D eigenvalue weighted by molar-refractivity contribution is 5.99. The largest absolute Gasteiger partial charge is 0.392 e. The Morgan fingerprint density at radius 3 is 2.61 bits per heavy atom. The normalized spacial score (nSPS) is 22.1. The number of hydrogen-bond donors (Lipinski definition) is 1. The minimum atomic E-state index is -0.275. The van der Waals surface area contributed by atoms with Crippen molar-refractivity contribution in [2.75, 3.05) is 13.1 Å². The van der Waals surface area contributed by atoms with Gasteiger partial charge in [0, 0.05) is 18.7 Å². The third-order valence-corrected chi connectivity index (χ3v) is 3.77. The molecule has 1 aliphatic heterocycles. The van der Waals surface area contributed by atoms with E-state index in [0.717, 1.165) is 24.9 Å². The number of rotatable bonds is 4. The summed E-state index contributed by atoms with van der Waals surface area (Å²) in [7, 11) is 0. The Hall–Kier alpha value is -1.19. The Morgan fingerprint density at radius 1 is 1.44 bits per heavy atom. The zero-order valence-electron chi connectivity index (χ0n) is 11.1. The zero-order valence-corrected chi connectivity index (χ0v) is 11.1. The fraction of sp³-hybridized carbons (Fsp3) is 0.533. The molecule has 1 fully saturated rings. The lowest BCUT2D eigenvalue weighted by Gasteiger charge is -2.22. The van der Waals surface area contributed by atoms with Crippen molar-refractivity contribution in [3.8, 4) is 0 Å². The number of carbonyl (C=O) groups excluding carboxylic acids is 1. The van der Waals surface area contributed by atoms with Gasteiger partial charge >= 0.3 is 0 Å². The molecule has 0 bridgehead atoms. The summed E-state index contributed by atoms with van der Waals surface area (Å²) < 4.78 is 0. The molecule has 3 heteroatoms. The Balaban J connectivity index is 2.05. The Kier molecular flexibility index (Phi) is 4.15. The van der Waals surface area contributed by atoms with Crippen molar-refractivity contribution in [3.63, 3.8) is 0 Å². The van der Waals surface area contributed by atoms with E-state index < -0.39 is 0 Å². The van der Waals surface area contributed by atoms with Gasteiger partial charge in [-0.1, -0.05) is 31.2 Å². The molecule has 1 saturated heterocycles. The molecule has 18 heavy (non-hydrogen) atoms. The predicted octanol–water partition coefficient (Wildman–Crippen LogP) is 1.89. The van der Waals surface area contributed by atoms with E-state index in [4.69, 9.17) is 0 Å². The van der Waals surface area contributed by atoms with Gasteiger partial charge in [-0.2, -0.15) is 0 Å². The number of aliphatic hydroxyl groups is 1. The van der Waals surface area contributed by atoms with Crippen LogP contribution in [0.5, 0.6) is 0 Å². The SMILES string of the molecule is CCc1ccc(C(=O)C(C)N2CCC(O)C2)cc1. The van der Waals surface area contributed by atoms with E-state index >= 15 is 0 Å². The average molecular weight is 247 g/mol. The first kappa shape index (κ1) is 13.2. The van der Waals surface area contributed by atoms with Gasteiger partial charge in [-0.05, 0) is 25.3 Å². The van der Waals surface area contributed by atoms with Crippen LogP contribution in [0.25, 0.3) is 0 Å². The molecule has 0 radical (unpaired) electrons. The number of Topliss-reactive ketones (excluding diaryl/α,β-unsaturated/α-hetero) is 1. The van der Waals surface area contributed by atoms with Crippen LogP contribution in [-0.2, 0) is 6.42 Å². The van der Waals surface area contributed by atoms with Crippen molar-refractivity contribution in [3.05, 3.63) is 35.4 Å². The summed E-state index contributed by atoms with van der Waals surface area (Å²) in [5.74, 6) is 0.145. The van der Waals surface area contributed by atoms with Gasteiger partial charge in [0.1, 0.15) is 0 Å². The minimum Gasteiger partial charge on any atom is -0.392 e. The lowest BCUT2D eigenvalue weighted by molar-refractivity contribution is 0.0847. The molecule has 2 unspecified atom stereocenters. The highest BCUT2D eigenvalue weighted by Gasteiger charge is 2.28. The molecule has 98 valence electrons. The monoisotopic (exact) mass is 247 g/mol. The maximum Gasteiger partial charge on any atom is 0.179 e. The summed E-state index contributed by atoms with van der Waals surface area (Å²) >= 11 is 0. The molecule has 0 spiro atoms. The quantitative estimate of drug-likeness (QED) is 0.826. The van der Waals surface area contributed by atoms with Crippen molar-refractivity contribution >= 4 is 5.78 Å². The summed E-state index contributed by atoms with van der Waals surface area (Å²) in [5.41, 5.74) is 2.01. The number of ketones is 1. The third kappa shape index (κ3) is 2.79. The van der Waals surface area contributed by atoms with E-state index in [1.165, 1.54) is 5.56 Å². The summed E-state index contributed by atoms with van der Waals surface area (Å²) in [6.07, 6.45) is 1.48. The van der Waals surface area contributed by atoms with Gasteiger partial charge in [0.25, 0.3) is 0 Å². The smallest absolute Gasteiger partial charge is 0.179 e. The van der Waals surface area contributed by atoms with Gasteiger partial charge in [-0.15, -0.1) is 0 Å². The van der Waals surface area contributed by atoms with Crippen molar-refractivity contribution in [1.29, 1.82) is 0 Å². The van der Waals surface area contributed by atoms with Crippen molar-refractivity contribution in [2.45, 2.75) is 38.8 Å². The molecule has 0 saturated carbocycles. The minimum absolute atomic E-state index is 0.144. The second-order valence-electron chi connectivity index (χ2n) is 5.03. The number of aliphatic hydroxyl groups excluding tert-OH is 1. The van der Waals surface area contributed by atoms with Gasteiger partial charge in [0.2, 0.25) is 0 Å². The molecular weight excluding hydrogens is 226 g/mol. The topological polar surface area (TPSA) is 40.5 Å². The highest BCUT2D eigenvalue weighted by atomic mass is 16.3. The molecule has 1 N–H and O–H groups in total. The van der Waals surface area contributed by atoms with Gasteiger partial charge in [0.15, 0.2) is 5.78 Å². The highest BCUT2D eigenvalue weighted by Crippen LogP contribution is 2.16. The van der Waals surface area contributed by atoms with Crippen LogP contribution in [-0.4, -0.2) is 41.0 Å². The fourth-order valence-electron chi connectivity index (χ4n) is 2.43. The Bertz CT molecular complexity index is 413. The first-order valence-corrected chi connectivity index (χ1v) is 6.67. The third-order valence-electron chi connectivity index (χ3n) is 3.77. The summed E-state index contributed by atoms with van der Waals surface area (Å²) in [5, 5.41) is 9.52. The fourth-order valence-corrected chi connectivity index (χ4v) is 2.43. The molecule has 1 aromatic carbocycles. The maximum atomic E-state index is 12.3. The lowest BCUT2D eigenvalue weighted by atomic mass is 10.0. The summed E-state index contributed by atoms with van der Waals surface area (Å²) in [6, 6.07) is 7.70. The molecule has 0 aliphatic carbocycles. The van der Waals surface area contributed by atoms with Gasteiger partial charge in [0.05, 0.1) is 12.1 Å². The number of benzene rings is 1. The second kappa shape index (κ2) is 5.63. The first-order chi connectivity index (χ1) is 8.61. The van der Waals surface area contributed by atoms with E-state index in [-0.39, 0.29) is 17.9 Å². The molecule has 1 aromatic rings. The molecular formula is C15H21NO2. The van der Waals surface area contributed by atoms with E-state index in [1.807, 2.05) is 31.2 Å². The van der Waals surface area contributed by atoms with Crippen LogP contribution < -0.4 is 0 Å². The number of hydrogen-bond acceptors (Lipinski definition) is 3. The number of β-amino-alcohol motifs (C(OH)–C–C–N with tert-alkyl or cyclic N) is 1. The molecule has 0 aromatic heterocycles. The van der Waals surface area contributed by atoms with E-state index in [9.17, 15) is 9.90 Å². The Labute approximate surface area is 108 Å². The van der Waals surface area contributed by atoms with Gasteiger partial charge in [-0.3, -0.25) is 9.69 Å². The molecule has 3 nitrogen and oxygen atoms in total. The maximum absolute atomic E-state index is 12.3. The Morgan fingerprint density at radius 2 is 2.11 bits per heavy atom. The van der Waals surface area contributed by atoms with Crippen molar-refractivity contribution < 1.29 is 9.90 Å². The molecule has 1 aliphatic rings. The van der Waals surface area contributed by atoms with Gasteiger partial charge < -0.3 is 5.11 Å².